The summed E-state index contributed by atoms with van der Waals surface area (Å²) in [6.07, 6.45) is 11.9. The number of nitrogens with one attached hydrogen (secondary N) is 1. The molecule has 0 aromatic carbocycles. The molecule has 0 spiro atoms. The summed E-state index contributed by atoms with van der Waals surface area (Å²) in [5, 5.41) is 12.2. The van der Waals surface area contributed by atoms with Crippen molar-refractivity contribution in [1.82, 2.24) is 10.2 Å². The summed E-state index contributed by atoms with van der Waals surface area (Å²) in [5.41, 5.74) is 0. The van der Waals surface area contributed by atoms with Crippen molar-refractivity contribution >= 4 is 5.91 Å². The molecular weight excluding hydrogens is 252 g/mol. The van der Waals surface area contributed by atoms with Crippen molar-refractivity contribution in [3.63, 3.8) is 0 Å². The molecule has 2 rings (SSSR count). The molecule has 2 aliphatic carbocycles. The Kier molecular flexibility index (Phi) is 6.80. The van der Waals surface area contributed by atoms with Crippen molar-refractivity contribution < 1.29 is 9.90 Å². The third-order valence-corrected chi connectivity index (χ3v) is 4.76. The lowest BCUT2D eigenvalue weighted by atomic mass is 9.91. The number of hydrogen-bond acceptors (Lipinski definition) is 3. The van der Waals surface area contributed by atoms with E-state index in [1.54, 1.807) is 0 Å². The van der Waals surface area contributed by atoms with Crippen molar-refractivity contribution in [2.45, 2.75) is 76.3 Å². The van der Waals surface area contributed by atoms with Gasteiger partial charge in [0.25, 0.3) is 0 Å². The number of rotatable bonds is 7. The predicted molar refractivity (Wildman–Crippen MR) is 80.5 cm³/mol. The van der Waals surface area contributed by atoms with Crippen LogP contribution in [0.1, 0.15) is 64.2 Å². The minimum absolute atomic E-state index is 0.182. The molecule has 0 saturated heterocycles. The monoisotopic (exact) mass is 282 g/mol. The van der Waals surface area contributed by atoms with Crippen LogP contribution in [0.2, 0.25) is 0 Å². The van der Waals surface area contributed by atoms with Gasteiger partial charge in [0.1, 0.15) is 0 Å². The fourth-order valence-corrected chi connectivity index (χ4v) is 3.30. The van der Waals surface area contributed by atoms with Crippen LogP contribution in [0, 0.1) is 0 Å². The van der Waals surface area contributed by atoms with Gasteiger partial charge in [-0.25, -0.2) is 0 Å². The van der Waals surface area contributed by atoms with Gasteiger partial charge in [0, 0.05) is 25.2 Å². The number of carbonyl (C=O) groups excluding carboxylic acids is 1. The van der Waals surface area contributed by atoms with Gasteiger partial charge in [-0.2, -0.15) is 0 Å². The van der Waals surface area contributed by atoms with E-state index in [0.717, 1.165) is 25.8 Å². The van der Waals surface area contributed by atoms with Crippen LogP contribution in [0.5, 0.6) is 0 Å². The third-order valence-electron chi connectivity index (χ3n) is 4.76. The van der Waals surface area contributed by atoms with Gasteiger partial charge in [0.2, 0.25) is 5.91 Å². The second-order valence-corrected chi connectivity index (χ2v) is 6.39. The molecule has 2 fully saturated rings. The Morgan fingerprint density at radius 2 is 1.75 bits per heavy atom. The van der Waals surface area contributed by atoms with Crippen molar-refractivity contribution in [3.05, 3.63) is 0 Å². The maximum atomic E-state index is 12.2. The van der Waals surface area contributed by atoms with Gasteiger partial charge in [0.05, 0.1) is 6.54 Å². The summed E-state index contributed by atoms with van der Waals surface area (Å²) in [6.45, 7) is 1.58. The fourth-order valence-electron chi connectivity index (χ4n) is 3.30. The number of hydrogen-bond donors (Lipinski definition) is 2. The molecule has 2 saturated carbocycles. The summed E-state index contributed by atoms with van der Waals surface area (Å²) in [7, 11) is 0. The highest BCUT2D eigenvalue weighted by Crippen LogP contribution is 2.24. The van der Waals surface area contributed by atoms with Gasteiger partial charge in [0.15, 0.2) is 0 Å². The van der Waals surface area contributed by atoms with E-state index in [-0.39, 0.29) is 12.5 Å². The number of amides is 1. The highest BCUT2D eigenvalue weighted by molar-refractivity contribution is 5.78. The van der Waals surface area contributed by atoms with Crippen LogP contribution in [0.25, 0.3) is 0 Å². The third kappa shape index (κ3) is 5.06. The normalized spacial score (nSPS) is 21.5. The van der Waals surface area contributed by atoms with Crippen molar-refractivity contribution in [3.8, 4) is 0 Å². The Balaban J connectivity index is 1.74. The average Bonchev–Trinajstić information content (AvgIpc) is 2.62. The molecule has 2 aliphatic rings. The van der Waals surface area contributed by atoms with E-state index in [0.29, 0.717) is 18.6 Å². The first-order valence-corrected chi connectivity index (χ1v) is 8.44. The number of nitrogens with zero attached hydrogens (tertiary/aromatic N) is 1. The van der Waals surface area contributed by atoms with Gasteiger partial charge in [-0.3, -0.25) is 9.69 Å². The van der Waals surface area contributed by atoms with E-state index in [4.69, 9.17) is 5.11 Å². The van der Waals surface area contributed by atoms with E-state index in [2.05, 4.69) is 10.2 Å². The molecule has 0 aliphatic heterocycles. The van der Waals surface area contributed by atoms with E-state index < -0.39 is 0 Å². The topological polar surface area (TPSA) is 52.6 Å². The van der Waals surface area contributed by atoms with E-state index in [9.17, 15) is 4.79 Å². The van der Waals surface area contributed by atoms with Crippen molar-refractivity contribution in [1.29, 1.82) is 0 Å². The van der Waals surface area contributed by atoms with Crippen molar-refractivity contribution in [2.24, 2.45) is 0 Å². The van der Waals surface area contributed by atoms with Gasteiger partial charge >= 0.3 is 0 Å². The first kappa shape index (κ1) is 15.8. The predicted octanol–water partition coefficient (Wildman–Crippen LogP) is 2.06. The van der Waals surface area contributed by atoms with E-state index in [1.807, 2.05) is 0 Å². The molecular formula is C16H30N2O2. The first-order chi connectivity index (χ1) is 9.79. The van der Waals surface area contributed by atoms with Crippen LogP contribution in [-0.2, 0) is 4.79 Å². The molecule has 116 valence electrons. The molecule has 4 heteroatoms. The van der Waals surface area contributed by atoms with Crippen LogP contribution in [-0.4, -0.2) is 47.7 Å². The summed E-state index contributed by atoms with van der Waals surface area (Å²) in [6, 6.07) is 0.965. The average molecular weight is 282 g/mol. The van der Waals surface area contributed by atoms with Crippen LogP contribution in [0.4, 0.5) is 0 Å². The highest BCUT2D eigenvalue weighted by Gasteiger charge is 2.26. The number of aliphatic hydroxyl groups is 1. The zero-order valence-electron chi connectivity index (χ0n) is 12.6. The molecule has 1 amide bonds. The lowest BCUT2D eigenvalue weighted by Gasteiger charge is -2.37. The zero-order chi connectivity index (χ0) is 14.2. The molecule has 0 aromatic heterocycles. The second kappa shape index (κ2) is 8.63. The molecule has 0 bridgehead atoms. The maximum Gasteiger partial charge on any atom is 0.234 e. The Morgan fingerprint density at radius 1 is 1.05 bits per heavy atom. The van der Waals surface area contributed by atoms with Crippen LogP contribution in [0.15, 0.2) is 0 Å². The summed E-state index contributed by atoms with van der Waals surface area (Å²) in [5.74, 6) is 0.182. The SMILES string of the molecule is O=C(CN(CCCO)C1CCC1)NC1CCCCCC1. The Bertz CT molecular complexity index is 284. The molecule has 0 atom stereocenters. The Morgan fingerprint density at radius 3 is 2.30 bits per heavy atom. The first-order valence-electron chi connectivity index (χ1n) is 8.44. The van der Waals surface area contributed by atoms with Crippen LogP contribution < -0.4 is 5.32 Å². The van der Waals surface area contributed by atoms with Gasteiger partial charge < -0.3 is 10.4 Å². The van der Waals surface area contributed by atoms with E-state index >= 15 is 0 Å². The summed E-state index contributed by atoms with van der Waals surface area (Å²) >= 11 is 0. The minimum Gasteiger partial charge on any atom is -0.396 e. The van der Waals surface area contributed by atoms with Gasteiger partial charge in [-0.15, -0.1) is 0 Å². The van der Waals surface area contributed by atoms with E-state index in [1.165, 1.54) is 44.9 Å². The largest absolute Gasteiger partial charge is 0.396 e. The molecule has 2 N–H and O–H groups in total. The maximum absolute atomic E-state index is 12.2. The molecule has 4 nitrogen and oxygen atoms in total. The number of aliphatic hydroxyl groups excluding tert-OH is 1. The quantitative estimate of drug-likeness (QED) is 0.703. The molecule has 0 unspecified atom stereocenters. The summed E-state index contributed by atoms with van der Waals surface area (Å²) in [4.78, 5) is 14.5. The van der Waals surface area contributed by atoms with Crippen LogP contribution in [0.3, 0.4) is 0 Å². The molecule has 0 heterocycles. The smallest absolute Gasteiger partial charge is 0.234 e. The lowest BCUT2D eigenvalue weighted by Crippen LogP contribution is -2.48. The molecule has 0 radical (unpaired) electrons. The Hall–Kier alpha value is -0.610. The zero-order valence-corrected chi connectivity index (χ0v) is 12.6. The number of carbonyl (C=O) groups is 1. The van der Waals surface area contributed by atoms with Gasteiger partial charge in [-0.05, 0) is 32.1 Å². The minimum atomic E-state index is 0.182. The van der Waals surface area contributed by atoms with Crippen LogP contribution >= 0.6 is 0 Å². The lowest BCUT2D eigenvalue weighted by molar-refractivity contribution is -0.124. The Labute approximate surface area is 122 Å². The second-order valence-electron chi connectivity index (χ2n) is 6.39. The summed E-state index contributed by atoms with van der Waals surface area (Å²) < 4.78 is 0. The standard InChI is InChI=1S/C16H30N2O2/c19-12-6-11-18(15-9-5-10-15)13-16(20)17-14-7-3-1-2-4-8-14/h14-15,19H,1-13H2,(H,17,20). The van der Waals surface area contributed by atoms with Crippen molar-refractivity contribution in [2.75, 3.05) is 19.7 Å². The molecule has 20 heavy (non-hydrogen) atoms. The van der Waals surface area contributed by atoms with Gasteiger partial charge in [-0.1, -0.05) is 32.1 Å². The fraction of sp³-hybridized carbons (Fsp3) is 0.938. The molecule has 0 aromatic rings. The highest BCUT2D eigenvalue weighted by atomic mass is 16.3.